The molecule has 0 aliphatic heterocycles. The van der Waals surface area contributed by atoms with Gasteiger partial charge < -0.3 is 5.11 Å². The molecule has 0 aromatic heterocycles. The van der Waals surface area contributed by atoms with Gasteiger partial charge in [0.05, 0.1) is 6.10 Å². The highest BCUT2D eigenvalue weighted by atomic mass is 16.3. The Bertz CT molecular complexity index is 725. The summed E-state index contributed by atoms with van der Waals surface area (Å²) in [5.41, 5.74) is 5.73. The van der Waals surface area contributed by atoms with Crippen LogP contribution in [0.3, 0.4) is 0 Å². The van der Waals surface area contributed by atoms with E-state index >= 15 is 0 Å². The normalized spacial score (nSPS) is 43.2. The second-order valence-electron chi connectivity index (χ2n) is 11.6. The molecule has 0 radical (unpaired) electrons. The van der Waals surface area contributed by atoms with Crippen LogP contribution >= 0.6 is 0 Å². The van der Waals surface area contributed by atoms with Gasteiger partial charge in [-0.2, -0.15) is 0 Å². The van der Waals surface area contributed by atoms with Gasteiger partial charge in [-0.1, -0.05) is 76.5 Å². The maximum Gasteiger partial charge on any atom is 0.0578 e. The zero-order valence-corrected chi connectivity index (χ0v) is 19.8. The number of aliphatic hydroxyl groups excluding tert-OH is 1. The van der Waals surface area contributed by atoms with Crippen molar-refractivity contribution >= 4 is 0 Å². The minimum atomic E-state index is -0.115. The van der Waals surface area contributed by atoms with Gasteiger partial charge in [0, 0.05) is 0 Å². The minimum absolute atomic E-state index is 0.115. The first-order valence-electron chi connectivity index (χ1n) is 12.5. The van der Waals surface area contributed by atoms with Crippen molar-refractivity contribution in [2.45, 2.75) is 99.0 Å². The van der Waals surface area contributed by atoms with Crippen LogP contribution in [0.15, 0.2) is 34.9 Å². The molecule has 0 bridgehead atoms. The highest BCUT2D eigenvalue weighted by molar-refractivity contribution is 5.39. The van der Waals surface area contributed by atoms with E-state index in [-0.39, 0.29) is 6.10 Å². The van der Waals surface area contributed by atoms with Crippen molar-refractivity contribution in [1.29, 1.82) is 0 Å². The molecule has 0 spiro atoms. The molecule has 29 heavy (non-hydrogen) atoms. The fourth-order valence-electron chi connectivity index (χ4n) is 8.06. The SMILES string of the molecule is CC/C(=C\C(C)C1CCC2C3=CC=C4CC(O)CCC4(C)C3CCC21C)C(C)C. The van der Waals surface area contributed by atoms with Crippen LogP contribution in [0.5, 0.6) is 0 Å². The van der Waals surface area contributed by atoms with E-state index in [2.05, 4.69) is 59.8 Å². The Morgan fingerprint density at radius 2 is 1.83 bits per heavy atom. The third-order valence-corrected chi connectivity index (χ3v) is 9.88. The van der Waals surface area contributed by atoms with E-state index in [1.54, 1.807) is 11.1 Å². The molecule has 1 nitrogen and oxygen atoms in total. The maximum absolute atomic E-state index is 10.2. The van der Waals surface area contributed by atoms with Crippen molar-refractivity contribution in [2.75, 3.05) is 0 Å². The van der Waals surface area contributed by atoms with Crippen LogP contribution in [0.1, 0.15) is 92.9 Å². The molecule has 1 heteroatoms. The fraction of sp³-hybridized carbons (Fsp3) is 0.786. The Labute approximate surface area is 179 Å². The average Bonchev–Trinajstić information content (AvgIpc) is 3.03. The van der Waals surface area contributed by atoms with Crippen LogP contribution in [0, 0.1) is 40.4 Å². The van der Waals surface area contributed by atoms with Crippen LogP contribution < -0.4 is 0 Å². The lowest BCUT2D eigenvalue weighted by molar-refractivity contribution is 0.0382. The Morgan fingerprint density at radius 1 is 1.07 bits per heavy atom. The minimum Gasteiger partial charge on any atom is -0.393 e. The number of fused-ring (bicyclic) bond motifs is 5. The largest absolute Gasteiger partial charge is 0.393 e. The molecule has 7 atom stereocenters. The summed E-state index contributed by atoms with van der Waals surface area (Å²) in [4.78, 5) is 0. The molecule has 4 rings (SSSR count). The first-order valence-corrected chi connectivity index (χ1v) is 12.5. The maximum atomic E-state index is 10.2. The zero-order valence-electron chi connectivity index (χ0n) is 19.8. The van der Waals surface area contributed by atoms with Crippen LogP contribution in [-0.4, -0.2) is 11.2 Å². The van der Waals surface area contributed by atoms with Gasteiger partial charge in [-0.05, 0) is 91.8 Å². The molecule has 4 aliphatic carbocycles. The first kappa shape index (κ1) is 21.4. The van der Waals surface area contributed by atoms with Crippen LogP contribution in [-0.2, 0) is 0 Å². The smallest absolute Gasteiger partial charge is 0.0578 e. The van der Waals surface area contributed by atoms with Gasteiger partial charge in [0.15, 0.2) is 0 Å². The summed E-state index contributed by atoms with van der Waals surface area (Å²) in [6.45, 7) is 14.7. The molecule has 3 saturated carbocycles. The summed E-state index contributed by atoms with van der Waals surface area (Å²) in [6.07, 6.45) is 17.2. The second kappa shape index (κ2) is 7.70. The lowest BCUT2D eigenvalue weighted by atomic mass is 9.50. The Balaban J connectivity index is 1.62. The van der Waals surface area contributed by atoms with Crippen molar-refractivity contribution in [3.8, 4) is 0 Å². The summed E-state index contributed by atoms with van der Waals surface area (Å²) < 4.78 is 0. The second-order valence-corrected chi connectivity index (χ2v) is 11.6. The van der Waals surface area contributed by atoms with E-state index in [0.29, 0.717) is 22.7 Å². The van der Waals surface area contributed by atoms with E-state index < -0.39 is 0 Å². The first-order chi connectivity index (χ1) is 13.7. The third-order valence-electron chi connectivity index (χ3n) is 9.88. The zero-order chi connectivity index (χ0) is 21.0. The van der Waals surface area contributed by atoms with Crippen molar-refractivity contribution in [3.63, 3.8) is 0 Å². The molecule has 0 heterocycles. The van der Waals surface area contributed by atoms with Gasteiger partial charge in [-0.15, -0.1) is 0 Å². The summed E-state index contributed by atoms with van der Waals surface area (Å²) in [6, 6.07) is 0. The molecule has 7 unspecified atom stereocenters. The molecule has 0 amide bonds. The summed E-state index contributed by atoms with van der Waals surface area (Å²) in [5.74, 6) is 3.68. The van der Waals surface area contributed by atoms with Gasteiger partial charge in [-0.3, -0.25) is 0 Å². The van der Waals surface area contributed by atoms with Gasteiger partial charge in [0.1, 0.15) is 0 Å². The Kier molecular flexibility index (Phi) is 5.69. The van der Waals surface area contributed by atoms with Crippen molar-refractivity contribution in [3.05, 3.63) is 34.9 Å². The Hall–Kier alpha value is -0.820. The topological polar surface area (TPSA) is 20.2 Å². The van der Waals surface area contributed by atoms with E-state index in [1.165, 1.54) is 44.1 Å². The standard InChI is InChI=1S/C28H44O/c1-7-20(18(2)3)16-19(4)24-10-11-25-23-9-8-21-17-22(29)12-14-27(21,5)26(23)13-15-28(24,25)6/h8-9,16,18-19,22,24-26,29H,7,10-15,17H2,1-6H3/b20-16+. The van der Waals surface area contributed by atoms with Crippen LogP contribution in [0.25, 0.3) is 0 Å². The fourth-order valence-corrected chi connectivity index (χ4v) is 8.06. The van der Waals surface area contributed by atoms with E-state index in [4.69, 9.17) is 0 Å². The number of aliphatic hydroxyl groups is 1. The van der Waals surface area contributed by atoms with Gasteiger partial charge in [0.2, 0.25) is 0 Å². The van der Waals surface area contributed by atoms with Gasteiger partial charge in [-0.25, -0.2) is 0 Å². The monoisotopic (exact) mass is 396 g/mol. The van der Waals surface area contributed by atoms with Gasteiger partial charge in [0.25, 0.3) is 0 Å². The van der Waals surface area contributed by atoms with E-state index in [9.17, 15) is 5.11 Å². The number of allylic oxidation sites excluding steroid dienone is 5. The highest BCUT2D eigenvalue weighted by Gasteiger charge is 2.56. The predicted molar refractivity (Wildman–Crippen MR) is 124 cm³/mol. The number of hydrogen-bond donors (Lipinski definition) is 1. The average molecular weight is 397 g/mol. The molecular weight excluding hydrogens is 352 g/mol. The lowest BCUT2D eigenvalue weighted by Gasteiger charge is -2.55. The van der Waals surface area contributed by atoms with E-state index in [1.807, 2.05) is 0 Å². The molecule has 1 N–H and O–H groups in total. The molecule has 4 aliphatic rings. The van der Waals surface area contributed by atoms with Crippen molar-refractivity contribution < 1.29 is 5.11 Å². The molecular formula is C28H44O. The van der Waals surface area contributed by atoms with Crippen molar-refractivity contribution in [1.82, 2.24) is 0 Å². The van der Waals surface area contributed by atoms with E-state index in [0.717, 1.165) is 30.6 Å². The summed E-state index contributed by atoms with van der Waals surface area (Å²) >= 11 is 0. The summed E-state index contributed by atoms with van der Waals surface area (Å²) in [7, 11) is 0. The number of rotatable bonds is 4. The third kappa shape index (κ3) is 3.40. The predicted octanol–water partition coefficient (Wildman–Crippen LogP) is 7.47. The Morgan fingerprint density at radius 3 is 2.52 bits per heavy atom. The quantitative estimate of drug-likeness (QED) is 0.488. The molecule has 0 saturated heterocycles. The molecule has 0 aromatic carbocycles. The molecule has 0 aromatic rings. The summed E-state index contributed by atoms with van der Waals surface area (Å²) in [5, 5.41) is 10.2. The molecule has 162 valence electrons. The van der Waals surface area contributed by atoms with Crippen molar-refractivity contribution in [2.24, 2.45) is 40.4 Å². The molecule has 3 fully saturated rings. The highest BCUT2D eigenvalue weighted by Crippen LogP contribution is 2.66. The number of hydrogen-bond acceptors (Lipinski definition) is 1. The lowest BCUT2D eigenvalue weighted by Crippen LogP contribution is -2.46. The van der Waals surface area contributed by atoms with Crippen LogP contribution in [0.2, 0.25) is 0 Å². The van der Waals surface area contributed by atoms with Crippen LogP contribution in [0.4, 0.5) is 0 Å². The van der Waals surface area contributed by atoms with Gasteiger partial charge >= 0.3 is 0 Å².